The second kappa shape index (κ2) is 8.49. The molecule has 6 nitrogen and oxygen atoms in total. The molecule has 0 bridgehead atoms. The highest BCUT2D eigenvalue weighted by Gasteiger charge is 2.21. The lowest BCUT2D eigenvalue weighted by molar-refractivity contribution is -0.130. The van der Waals surface area contributed by atoms with E-state index in [4.69, 9.17) is 9.15 Å². The zero-order chi connectivity index (χ0) is 19.2. The fourth-order valence-corrected chi connectivity index (χ4v) is 2.97. The second-order valence-electron chi connectivity index (χ2n) is 6.41. The van der Waals surface area contributed by atoms with Gasteiger partial charge in [-0.2, -0.15) is 0 Å². The molecular weight excluding hydrogens is 342 g/mol. The molecule has 1 aromatic heterocycles. The Morgan fingerprint density at radius 3 is 2.33 bits per heavy atom. The smallest absolute Gasteiger partial charge is 0.235 e. The molecule has 0 N–H and O–H groups in total. The first kappa shape index (κ1) is 18.6. The summed E-state index contributed by atoms with van der Waals surface area (Å²) in [4.78, 5) is 14.5. The highest BCUT2D eigenvalue weighted by Crippen LogP contribution is 2.30. The molecule has 0 unspecified atom stereocenters. The van der Waals surface area contributed by atoms with E-state index in [-0.39, 0.29) is 11.8 Å². The average Bonchev–Trinajstić information content (AvgIpc) is 3.11. The van der Waals surface area contributed by atoms with Gasteiger partial charge in [-0.15, -0.1) is 10.2 Å². The van der Waals surface area contributed by atoms with Crippen molar-refractivity contribution >= 4 is 5.91 Å². The molecule has 0 aliphatic heterocycles. The molecule has 0 fully saturated rings. The summed E-state index contributed by atoms with van der Waals surface area (Å²) < 4.78 is 10.6. The number of aryl methyl sites for hydroxylation is 1. The van der Waals surface area contributed by atoms with Crippen molar-refractivity contribution in [2.75, 3.05) is 14.2 Å². The predicted octanol–water partition coefficient (Wildman–Crippen LogP) is 3.57. The molecule has 1 heterocycles. The molecule has 0 spiro atoms. The van der Waals surface area contributed by atoms with E-state index in [0.717, 1.165) is 16.9 Å². The first-order chi connectivity index (χ1) is 13.1. The Hall–Kier alpha value is -3.15. The van der Waals surface area contributed by atoms with Gasteiger partial charge in [0.25, 0.3) is 0 Å². The number of methoxy groups -OCH3 is 1. The van der Waals surface area contributed by atoms with Crippen molar-refractivity contribution in [2.24, 2.45) is 0 Å². The van der Waals surface area contributed by atoms with E-state index in [0.29, 0.717) is 24.7 Å². The quantitative estimate of drug-likeness (QED) is 0.640. The Morgan fingerprint density at radius 2 is 1.74 bits per heavy atom. The van der Waals surface area contributed by atoms with Gasteiger partial charge in [0.1, 0.15) is 5.75 Å². The third-order valence-corrected chi connectivity index (χ3v) is 4.46. The number of hydrogen-bond acceptors (Lipinski definition) is 5. The monoisotopic (exact) mass is 365 g/mol. The van der Waals surface area contributed by atoms with Crippen molar-refractivity contribution in [3.8, 4) is 5.75 Å². The maximum Gasteiger partial charge on any atom is 0.235 e. The summed E-state index contributed by atoms with van der Waals surface area (Å²) in [5.74, 6) is 1.68. The predicted molar refractivity (Wildman–Crippen MR) is 101 cm³/mol. The van der Waals surface area contributed by atoms with Crippen LogP contribution in [0.4, 0.5) is 0 Å². The van der Waals surface area contributed by atoms with E-state index in [9.17, 15) is 4.79 Å². The second-order valence-corrected chi connectivity index (χ2v) is 6.41. The van der Waals surface area contributed by atoms with Gasteiger partial charge in [-0.1, -0.05) is 42.5 Å². The van der Waals surface area contributed by atoms with Gasteiger partial charge < -0.3 is 14.1 Å². The van der Waals surface area contributed by atoms with Crippen LogP contribution in [0.2, 0.25) is 0 Å². The van der Waals surface area contributed by atoms with Gasteiger partial charge in [0.2, 0.25) is 17.7 Å². The normalized spacial score (nSPS) is 11.8. The van der Waals surface area contributed by atoms with Crippen LogP contribution in [0, 0.1) is 6.92 Å². The highest BCUT2D eigenvalue weighted by molar-refractivity contribution is 5.77. The summed E-state index contributed by atoms with van der Waals surface area (Å²) in [5, 5.41) is 7.76. The van der Waals surface area contributed by atoms with Crippen LogP contribution < -0.4 is 4.74 Å². The average molecular weight is 365 g/mol. The lowest BCUT2D eigenvalue weighted by Crippen LogP contribution is -2.28. The number of benzene rings is 2. The van der Waals surface area contributed by atoms with Gasteiger partial charge >= 0.3 is 0 Å². The topological polar surface area (TPSA) is 68.5 Å². The van der Waals surface area contributed by atoms with E-state index >= 15 is 0 Å². The third-order valence-electron chi connectivity index (χ3n) is 4.46. The molecule has 0 aliphatic carbocycles. The van der Waals surface area contributed by atoms with Crippen molar-refractivity contribution in [3.63, 3.8) is 0 Å². The Morgan fingerprint density at radius 1 is 1.07 bits per heavy atom. The molecule has 3 aromatic rings. The summed E-state index contributed by atoms with van der Waals surface area (Å²) in [6, 6.07) is 17.9. The Balaban J connectivity index is 1.79. The van der Waals surface area contributed by atoms with E-state index in [2.05, 4.69) is 10.2 Å². The third kappa shape index (κ3) is 4.73. The summed E-state index contributed by atoms with van der Waals surface area (Å²) in [7, 11) is 3.39. The van der Waals surface area contributed by atoms with Crippen LogP contribution in [-0.4, -0.2) is 35.2 Å². The van der Waals surface area contributed by atoms with Gasteiger partial charge in [0.15, 0.2) is 0 Å². The maximum atomic E-state index is 12.8. The molecule has 2 aromatic carbocycles. The lowest BCUT2D eigenvalue weighted by Gasteiger charge is -2.22. The van der Waals surface area contributed by atoms with Crippen molar-refractivity contribution in [2.45, 2.75) is 25.8 Å². The van der Waals surface area contributed by atoms with Gasteiger partial charge in [-0.3, -0.25) is 4.79 Å². The molecule has 27 heavy (non-hydrogen) atoms. The van der Waals surface area contributed by atoms with E-state index < -0.39 is 0 Å². The summed E-state index contributed by atoms with van der Waals surface area (Å²) in [5.41, 5.74) is 2.16. The minimum atomic E-state index is -0.0449. The number of rotatable bonds is 7. The molecular formula is C21H23N3O3. The standard InChI is InChI=1S/C21H23N3O3/c1-15-22-23-20(27-15)14-24(2)21(25)13-19(16-7-5-4-6-8-16)17-9-11-18(26-3)12-10-17/h4-12,19H,13-14H2,1-3H3/t19-/m1/s1. The molecule has 140 valence electrons. The van der Waals surface area contributed by atoms with Gasteiger partial charge in [-0.25, -0.2) is 0 Å². The largest absolute Gasteiger partial charge is 0.497 e. The minimum Gasteiger partial charge on any atom is -0.497 e. The molecule has 0 saturated heterocycles. The lowest BCUT2D eigenvalue weighted by atomic mass is 9.88. The summed E-state index contributed by atoms with van der Waals surface area (Å²) in [6.07, 6.45) is 0.347. The van der Waals surface area contributed by atoms with E-state index in [1.165, 1.54) is 0 Å². The van der Waals surface area contributed by atoms with Crippen LogP contribution in [0.25, 0.3) is 0 Å². The van der Waals surface area contributed by atoms with Crippen LogP contribution in [0.1, 0.15) is 35.2 Å². The highest BCUT2D eigenvalue weighted by atomic mass is 16.5. The van der Waals surface area contributed by atoms with Crippen LogP contribution in [-0.2, 0) is 11.3 Å². The number of aromatic nitrogens is 2. The molecule has 1 amide bonds. The van der Waals surface area contributed by atoms with E-state index in [1.807, 2.05) is 54.6 Å². The van der Waals surface area contributed by atoms with Crippen molar-refractivity contribution < 1.29 is 13.9 Å². The SMILES string of the molecule is COc1ccc([C@H](CC(=O)N(C)Cc2nnc(C)o2)c2ccccc2)cc1. The fourth-order valence-electron chi connectivity index (χ4n) is 2.97. The van der Waals surface area contributed by atoms with Gasteiger partial charge in [-0.05, 0) is 23.3 Å². The molecule has 3 rings (SSSR count). The van der Waals surface area contributed by atoms with Crippen LogP contribution >= 0.6 is 0 Å². The molecule has 0 radical (unpaired) electrons. The number of ether oxygens (including phenoxy) is 1. The Labute approximate surface area is 158 Å². The fraction of sp³-hybridized carbons (Fsp3) is 0.286. The van der Waals surface area contributed by atoms with Crippen molar-refractivity contribution in [1.29, 1.82) is 0 Å². The van der Waals surface area contributed by atoms with Crippen molar-refractivity contribution in [1.82, 2.24) is 15.1 Å². The Bertz CT molecular complexity index is 875. The zero-order valence-electron chi connectivity index (χ0n) is 15.8. The number of nitrogens with zero attached hydrogens (tertiary/aromatic N) is 3. The summed E-state index contributed by atoms with van der Waals surface area (Å²) >= 11 is 0. The van der Waals surface area contributed by atoms with Gasteiger partial charge in [0, 0.05) is 26.3 Å². The molecule has 1 atom stereocenters. The first-order valence-electron chi connectivity index (χ1n) is 8.78. The van der Waals surface area contributed by atoms with Crippen LogP contribution in [0.15, 0.2) is 59.0 Å². The van der Waals surface area contributed by atoms with E-state index in [1.54, 1.807) is 26.0 Å². The van der Waals surface area contributed by atoms with Crippen LogP contribution in [0.3, 0.4) is 0 Å². The molecule has 6 heteroatoms. The molecule has 0 aliphatic rings. The number of carbonyl (C=O) groups is 1. The van der Waals surface area contributed by atoms with Gasteiger partial charge in [0.05, 0.1) is 13.7 Å². The Kier molecular flexibility index (Phi) is 5.86. The van der Waals surface area contributed by atoms with Crippen molar-refractivity contribution in [3.05, 3.63) is 77.5 Å². The number of hydrogen-bond donors (Lipinski definition) is 0. The number of carbonyl (C=O) groups excluding carboxylic acids is 1. The maximum absolute atomic E-state index is 12.8. The zero-order valence-corrected chi connectivity index (χ0v) is 15.8. The minimum absolute atomic E-state index is 0.00974. The summed E-state index contributed by atoms with van der Waals surface area (Å²) in [6.45, 7) is 2.03. The molecule has 0 saturated carbocycles. The first-order valence-corrected chi connectivity index (χ1v) is 8.78. The number of amides is 1. The van der Waals surface area contributed by atoms with Crippen LogP contribution in [0.5, 0.6) is 5.75 Å².